The summed E-state index contributed by atoms with van der Waals surface area (Å²) in [6.07, 6.45) is 0. The molecule has 0 spiro atoms. The highest BCUT2D eigenvalue weighted by Gasteiger charge is 2.20. The van der Waals surface area contributed by atoms with Gasteiger partial charge < -0.3 is 9.64 Å². The van der Waals surface area contributed by atoms with Crippen molar-refractivity contribution in [3.8, 4) is 5.75 Å². The highest BCUT2D eigenvalue weighted by Crippen LogP contribution is 2.26. The van der Waals surface area contributed by atoms with Crippen LogP contribution >= 0.6 is 11.6 Å². The normalized spacial score (nSPS) is 15.1. The summed E-state index contributed by atoms with van der Waals surface area (Å²) in [6.45, 7) is 5.97. The molecule has 0 aromatic heterocycles. The van der Waals surface area contributed by atoms with Crippen LogP contribution in [0.15, 0.2) is 42.5 Å². The van der Waals surface area contributed by atoms with Crippen molar-refractivity contribution in [2.45, 2.75) is 6.92 Å². The van der Waals surface area contributed by atoms with Gasteiger partial charge in [-0.1, -0.05) is 11.6 Å². The van der Waals surface area contributed by atoms with Gasteiger partial charge in [-0.2, -0.15) is 0 Å². The van der Waals surface area contributed by atoms with E-state index in [1.165, 1.54) is 12.1 Å². The molecule has 0 aliphatic carbocycles. The van der Waals surface area contributed by atoms with E-state index in [0.29, 0.717) is 29.5 Å². The number of benzene rings is 2. The quantitative estimate of drug-likeness (QED) is 0.716. The van der Waals surface area contributed by atoms with E-state index in [0.717, 1.165) is 31.9 Å². The first-order valence-corrected chi connectivity index (χ1v) is 9.13. The van der Waals surface area contributed by atoms with Crippen LogP contribution in [-0.4, -0.2) is 50.0 Å². The van der Waals surface area contributed by atoms with E-state index in [9.17, 15) is 9.18 Å². The Morgan fingerprint density at radius 2 is 1.81 bits per heavy atom. The third kappa shape index (κ3) is 4.54. The molecule has 1 fully saturated rings. The zero-order chi connectivity index (χ0) is 18.5. The summed E-state index contributed by atoms with van der Waals surface area (Å²) in [7, 11) is 0. The van der Waals surface area contributed by atoms with Crippen LogP contribution < -0.4 is 9.64 Å². The number of anilines is 1. The Morgan fingerprint density at radius 1 is 1.12 bits per heavy atom. The fourth-order valence-corrected chi connectivity index (χ4v) is 3.29. The summed E-state index contributed by atoms with van der Waals surface area (Å²) in [5, 5.41) is 0.457. The zero-order valence-corrected chi connectivity index (χ0v) is 15.5. The SMILES string of the molecule is CCOc1ccc(C(=O)CN2CCN(c3ccc(F)cc3)CC2)cc1Cl. The van der Waals surface area contributed by atoms with Gasteiger partial charge in [0.05, 0.1) is 18.2 Å². The van der Waals surface area contributed by atoms with Crippen molar-refractivity contribution in [1.82, 2.24) is 4.90 Å². The van der Waals surface area contributed by atoms with Crippen molar-refractivity contribution in [1.29, 1.82) is 0 Å². The molecule has 0 atom stereocenters. The van der Waals surface area contributed by atoms with Gasteiger partial charge >= 0.3 is 0 Å². The van der Waals surface area contributed by atoms with Gasteiger partial charge in [-0.25, -0.2) is 4.39 Å². The summed E-state index contributed by atoms with van der Waals surface area (Å²) in [5.41, 5.74) is 1.61. The minimum atomic E-state index is -0.230. The average Bonchev–Trinajstić information content (AvgIpc) is 2.65. The van der Waals surface area contributed by atoms with Crippen molar-refractivity contribution in [3.63, 3.8) is 0 Å². The highest BCUT2D eigenvalue weighted by molar-refractivity contribution is 6.32. The summed E-state index contributed by atoms with van der Waals surface area (Å²) in [4.78, 5) is 16.9. The Morgan fingerprint density at radius 3 is 2.42 bits per heavy atom. The van der Waals surface area contributed by atoms with Crippen LogP contribution in [0.5, 0.6) is 5.75 Å². The number of hydrogen-bond acceptors (Lipinski definition) is 4. The highest BCUT2D eigenvalue weighted by atomic mass is 35.5. The fourth-order valence-electron chi connectivity index (χ4n) is 3.06. The second kappa shape index (κ2) is 8.52. The molecule has 2 aromatic rings. The van der Waals surface area contributed by atoms with Crippen LogP contribution in [0.4, 0.5) is 10.1 Å². The molecule has 0 N–H and O–H groups in total. The topological polar surface area (TPSA) is 32.8 Å². The zero-order valence-electron chi connectivity index (χ0n) is 14.8. The molecule has 6 heteroatoms. The van der Waals surface area contributed by atoms with Gasteiger partial charge in [0, 0.05) is 37.4 Å². The molecule has 138 valence electrons. The average molecular weight is 377 g/mol. The number of ketones is 1. The van der Waals surface area contributed by atoms with Crippen LogP contribution in [0, 0.1) is 5.82 Å². The molecular formula is C20H22ClFN2O2. The molecule has 3 rings (SSSR count). The van der Waals surface area contributed by atoms with E-state index in [1.807, 2.05) is 6.92 Å². The predicted molar refractivity (Wildman–Crippen MR) is 102 cm³/mol. The van der Waals surface area contributed by atoms with Gasteiger partial charge in [0.1, 0.15) is 11.6 Å². The van der Waals surface area contributed by atoms with E-state index in [1.54, 1.807) is 30.3 Å². The predicted octanol–water partition coefficient (Wildman–Crippen LogP) is 3.88. The summed E-state index contributed by atoms with van der Waals surface area (Å²) < 4.78 is 18.4. The van der Waals surface area contributed by atoms with Crippen molar-refractivity contribution in [2.24, 2.45) is 0 Å². The molecule has 1 aliphatic heterocycles. The Hall–Kier alpha value is -2.11. The number of nitrogens with zero attached hydrogens (tertiary/aromatic N) is 2. The molecule has 26 heavy (non-hydrogen) atoms. The second-order valence-electron chi connectivity index (χ2n) is 6.24. The summed E-state index contributed by atoms with van der Waals surface area (Å²) in [6, 6.07) is 11.7. The molecule has 1 heterocycles. The van der Waals surface area contributed by atoms with Gasteiger partial charge in [0.25, 0.3) is 0 Å². The van der Waals surface area contributed by atoms with Crippen LogP contribution in [0.1, 0.15) is 17.3 Å². The van der Waals surface area contributed by atoms with E-state index in [4.69, 9.17) is 16.3 Å². The number of piperazine rings is 1. The first-order chi connectivity index (χ1) is 12.6. The van der Waals surface area contributed by atoms with Gasteiger partial charge in [0.2, 0.25) is 0 Å². The molecule has 0 unspecified atom stereocenters. The Kier molecular flexibility index (Phi) is 6.12. The largest absolute Gasteiger partial charge is 0.492 e. The van der Waals surface area contributed by atoms with Gasteiger partial charge in [0.15, 0.2) is 5.78 Å². The third-order valence-corrected chi connectivity index (χ3v) is 4.78. The maximum Gasteiger partial charge on any atom is 0.176 e. The molecule has 0 amide bonds. The van der Waals surface area contributed by atoms with Crippen molar-refractivity contribution >= 4 is 23.1 Å². The number of hydrogen-bond donors (Lipinski definition) is 0. The van der Waals surface area contributed by atoms with E-state index in [2.05, 4.69) is 9.80 Å². The molecule has 2 aromatic carbocycles. The summed E-state index contributed by atoms with van der Waals surface area (Å²) >= 11 is 6.17. The molecule has 0 radical (unpaired) electrons. The molecule has 0 saturated carbocycles. The van der Waals surface area contributed by atoms with Gasteiger partial charge in [-0.05, 0) is 49.4 Å². The maximum absolute atomic E-state index is 13.0. The number of Topliss-reactive ketones (excluding diaryl/α,β-unsaturated/α-hetero) is 1. The number of halogens is 2. The summed E-state index contributed by atoms with van der Waals surface area (Å²) in [5.74, 6) is 0.413. The van der Waals surface area contributed by atoms with E-state index < -0.39 is 0 Å². The Balaban J connectivity index is 1.55. The molecular weight excluding hydrogens is 355 g/mol. The molecule has 0 bridgehead atoms. The monoisotopic (exact) mass is 376 g/mol. The smallest absolute Gasteiger partial charge is 0.176 e. The first kappa shape index (κ1) is 18.7. The van der Waals surface area contributed by atoms with E-state index >= 15 is 0 Å². The lowest BCUT2D eigenvalue weighted by Crippen LogP contribution is -2.48. The van der Waals surface area contributed by atoms with Gasteiger partial charge in [-0.15, -0.1) is 0 Å². The molecule has 1 aliphatic rings. The van der Waals surface area contributed by atoms with Gasteiger partial charge in [-0.3, -0.25) is 9.69 Å². The minimum absolute atomic E-state index is 0.0465. The second-order valence-corrected chi connectivity index (χ2v) is 6.65. The number of rotatable bonds is 6. The number of carbonyl (C=O) groups excluding carboxylic acids is 1. The van der Waals surface area contributed by atoms with Crippen LogP contribution in [-0.2, 0) is 0 Å². The molecule has 4 nitrogen and oxygen atoms in total. The third-order valence-electron chi connectivity index (χ3n) is 4.48. The lowest BCUT2D eigenvalue weighted by atomic mass is 10.1. The lowest BCUT2D eigenvalue weighted by molar-refractivity contribution is 0.0926. The van der Waals surface area contributed by atoms with Crippen molar-refractivity contribution < 1.29 is 13.9 Å². The van der Waals surface area contributed by atoms with Crippen LogP contribution in [0.2, 0.25) is 5.02 Å². The maximum atomic E-state index is 13.0. The van der Waals surface area contributed by atoms with Crippen LogP contribution in [0.3, 0.4) is 0 Å². The van der Waals surface area contributed by atoms with E-state index in [-0.39, 0.29) is 11.6 Å². The Labute approximate surface area is 158 Å². The number of ether oxygens (including phenoxy) is 1. The van der Waals surface area contributed by atoms with Crippen LogP contribution in [0.25, 0.3) is 0 Å². The minimum Gasteiger partial charge on any atom is -0.492 e. The first-order valence-electron chi connectivity index (χ1n) is 8.75. The lowest BCUT2D eigenvalue weighted by Gasteiger charge is -2.35. The Bertz CT molecular complexity index is 759. The molecule has 1 saturated heterocycles. The van der Waals surface area contributed by atoms with Crippen molar-refractivity contribution in [3.05, 3.63) is 58.9 Å². The fraction of sp³-hybridized carbons (Fsp3) is 0.350. The van der Waals surface area contributed by atoms with Crippen molar-refractivity contribution in [2.75, 3.05) is 44.2 Å². The standard InChI is InChI=1S/C20H22ClFN2O2/c1-2-26-20-8-3-15(13-18(20)21)19(25)14-23-9-11-24(12-10-23)17-6-4-16(22)5-7-17/h3-8,13H,2,9-12,14H2,1H3. The number of carbonyl (C=O) groups is 1.